The fourth-order valence-corrected chi connectivity index (χ4v) is 4.92. The summed E-state index contributed by atoms with van der Waals surface area (Å²) in [7, 11) is -3.61. The van der Waals surface area contributed by atoms with E-state index in [1.54, 1.807) is 6.07 Å². The quantitative estimate of drug-likeness (QED) is 0.787. The lowest BCUT2D eigenvalue weighted by Gasteiger charge is -2.36. The molecule has 4 rings (SSSR count). The van der Waals surface area contributed by atoms with E-state index in [4.69, 9.17) is 11.6 Å². The molecule has 0 aromatic heterocycles. The van der Waals surface area contributed by atoms with Crippen molar-refractivity contribution < 1.29 is 8.42 Å². The van der Waals surface area contributed by atoms with Crippen molar-refractivity contribution in [2.45, 2.75) is 13.1 Å². The first-order valence-electron chi connectivity index (χ1n) is 8.64. The van der Waals surface area contributed by atoms with Crippen LogP contribution in [0.2, 0.25) is 5.02 Å². The second-order valence-corrected chi connectivity index (χ2v) is 8.52. The Hall–Kier alpha value is -1.51. The first kappa shape index (κ1) is 20.2. The molecule has 27 heavy (non-hydrogen) atoms. The van der Waals surface area contributed by atoms with Gasteiger partial charge in [-0.15, -0.1) is 12.4 Å². The fraction of sp³-hybridized carbons (Fsp3) is 0.333. The van der Waals surface area contributed by atoms with Crippen LogP contribution in [0, 0.1) is 0 Å². The number of rotatable bonds is 3. The number of fused-ring (bicyclic) bond motifs is 1. The van der Waals surface area contributed by atoms with Gasteiger partial charge in [0.05, 0.1) is 12.2 Å². The van der Waals surface area contributed by atoms with Crippen molar-refractivity contribution in [2.75, 3.05) is 35.4 Å². The smallest absolute Gasteiger partial charge is 0.302 e. The Morgan fingerprint density at radius 3 is 2.44 bits per heavy atom. The second kappa shape index (κ2) is 8.24. The first-order valence-corrected chi connectivity index (χ1v) is 10.5. The van der Waals surface area contributed by atoms with Gasteiger partial charge in [-0.25, -0.2) is 0 Å². The lowest BCUT2D eigenvalue weighted by atomic mass is 10.1. The maximum Gasteiger partial charge on any atom is 0.302 e. The first-order chi connectivity index (χ1) is 12.6. The van der Waals surface area contributed by atoms with Crippen LogP contribution < -0.4 is 19.2 Å². The summed E-state index contributed by atoms with van der Waals surface area (Å²) in [4.78, 5) is 2.31. The van der Waals surface area contributed by atoms with Crippen LogP contribution in [-0.2, 0) is 23.3 Å². The zero-order valence-corrected chi connectivity index (χ0v) is 17.1. The van der Waals surface area contributed by atoms with E-state index in [9.17, 15) is 8.42 Å². The number of hydrogen-bond acceptors (Lipinski definition) is 4. The molecular weight excluding hydrogens is 407 g/mol. The lowest BCUT2D eigenvalue weighted by molar-refractivity contribution is 0.568. The summed E-state index contributed by atoms with van der Waals surface area (Å²) in [5.41, 5.74) is 3.60. The zero-order chi connectivity index (χ0) is 18.1. The van der Waals surface area contributed by atoms with Gasteiger partial charge in [0.25, 0.3) is 0 Å². The van der Waals surface area contributed by atoms with Gasteiger partial charge in [-0.05, 0) is 23.8 Å². The molecule has 0 aliphatic carbocycles. The van der Waals surface area contributed by atoms with Crippen LogP contribution in [0.5, 0.6) is 0 Å². The fourth-order valence-electron chi connectivity index (χ4n) is 3.50. The Bertz CT molecular complexity index is 917. The number of halogens is 2. The van der Waals surface area contributed by atoms with E-state index in [1.807, 2.05) is 30.3 Å². The molecule has 146 valence electrons. The Balaban J connectivity index is 0.00000210. The highest BCUT2D eigenvalue weighted by molar-refractivity contribution is 7.90. The van der Waals surface area contributed by atoms with Gasteiger partial charge in [-0.3, -0.25) is 4.31 Å². The molecule has 2 heterocycles. The zero-order valence-electron chi connectivity index (χ0n) is 14.7. The minimum atomic E-state index is -3.61. The van der Waals surface area contributed by atoms with Crippen molar-refractivity contribution in [3.8, 4) is 0 Å². The molecule has 0 unspecified atom stereocenters. The molecule has 2 N–H and O–H groups in total. The summed E-state index contributed by atoms with van der Waals surface area (Å²) in [6.45, 7) is 4.18. The van der Waals surface area contributed by atoms with E-state index in [1.165, 1.54) is 4.31 Å². The van der Waals surface area contributed by atoms with Crippen molar-refractivity contribution in [3.05, 3.63) is 58.6 Å². The standard InChI is InChI=1S/C18H21ClN4O2S.ClH/c19-16-5-2-1-4-14(16)13-23-18-7-3-6-17(22-10-8-20-9-11-22)15(18)12-21-26(23,24)25;/h1-7,20-21H,8-13H2;1H. The van der Waals surface area contributed by atoms with E-state index >= 15 is 0 Å². The van der Waals surface area contributed by atoms with Crippen molar-refractivity contribution in [2.24, 2.45) is 0 Å². The highest BCUT2D eigenvalue weighted by Crippen LogP contribution is 2.36. The Labute approximate surface area is 171 Å². The molecule has 2 aromatic rings. The molecule has 9 heteroatoms. The number of benzene rings is 2. The molecule has 2 aliphatic rings. The van der Waals surface area contributed by atoms with Crippen molar-refractivity contribution >= 4 is 45.6 Å². The van der Waals surface area contributed by atoms with Crippen LogP contribution in [0.1, 0.15) is 11.1 Å². The summed E-state index contributed by atoms with van der Waals surface area (Å²) in [5, 5.41) is 3.91. The summed E-state index contributed by atoms with van der Waals surface area (Å²) in [6.07, 6.45) is 0. The van der Waals surface area contributed by atoms with E-state index in [-0.39, 0.29) is 19.0 Å². The van der Waals surface area contributed by atoms with E-state index in [0.29, 0.717) is 11.6 Å². The Morgan fingerprint density at radius 2 is 1.70 bits per heavy atom. The third-order valence-corrected chi connectivity index (χ3v) is 6.63. The predicted octanol–water partition coefficient (Wildman–Crippen LogP) is 2.53. The molecule has 2 aromatic carbocycles. The maximum atomic E-state index is 12.7. The Morgan fingerprint density at radius 1 is 1.00 bits per heavy atom. The molecule has 1 saturated heterocycles. The molecule has 6 nitrogen and oxygen atoms in total. The van der Waals surface area contributed by atoms with Crippen molar-refractivity contribution in [3.63, 3.8) is 0 Å². The normalized spacial score (nSPS) is 18.6. The number of hydrogen-bond donors (Lipinski definition) is 2. The van der Waals surface area contributed by atoms with Gasteiger partial charge in [0.1, 0.15) is 0 Å². The third kappa shape index (κ3) is 4.02. The van der Waals surface area contributed by atoms with E-state index in [2.05, 4.69) is 21.0 Å². The minimum Gasteiger partial charge on any atom is -0.369 e. The largest absolute Gasteiger partial charge is 0.369 e. The SMILES string of the molecule is Cl.O=S1(=O)NCc2c(N3CCNCC3)cccc2N1Cc1ccccc1Cl. The monoisotopic (exact) mass is 428 g/mol. The van der Waals surface area contributed by atoms with Crippen LogP contribution in [0.3, 0.4) is 0 Å². The molecule has 0 bridgehead atoms. The number of anilines is 2. The molecule has 0 saturated carbocycles. The molecule has 0 spiro atoms. The number of piperazine rings is 1. The van der Waals surface area contributed by atoms with Crippen LogP contribution in [-0.4, -0.2) is 34.6 Å². The van der Waals surface area contributed by atoms with Gasteiger partial charge >= 0.3 is 10.2 Å². The number of nitrogens with one attached hydrogen (secondary N) is 2. The van der Waals surface area contributed by atoms with Crippen molar-refractivity contribution in [1.82, 2.24) is 10.0 Å². The lowest BCUT2D eigenvalue weighted by Crippen LogP contribution is -2.47. The molecule has 1 fully saturated rings. The summed E-state index contributed by atoms with van der Waals surface area (Å²) >= 11 is 6.26. The van der Waals surface area contributed by atoms with Crippen LogP contribution in [0.25, 0.3) is 0 Å². The summed E-state index contributed by atoms with van der Waals surface area (Å²) < 4.78 is 29.5. The third-order valence-electron chi connectivity index (χ3n) is 4.85. The van der Waals surface area contributed by atoms with E-state index in [0.717, 1.165) is 48.7 Å². The highest BCUT2D eigenvalue weighted by atomic mass is 35.5. The van der Waals surface area contributed by atoms with Crippen LogP contribution in [0.15, 0.2) is 42.5 Å². The van der Waals surface area contributed by atoms with Gasteiger partial charge in [0, 0.05) is 49.0 Å². The van der Waals surface area contributed by atoms with E-state index < -0.39 is 10.2 Å². The minimum absolute atomic E-state index is 0. The molecule has 0 radical (unpaired) electrons. The van der Waals surface area contributed by atoms with Crippen LogP contribution in [0.4, 0.5) is 11.4 Å². The molecular formula is C18H22Cl2N4O2S. The summed E-state index contributed by atoms with van der Waals surface area (Å²) in [5.74, 6) is 0. The van der Waals surface area contributed by atoms with Gasteiger partial charge in [0.15, 0.2) is 0 Å². The van der Waals surface area contributed by atoms with Gasteiger partial charge in [0.2, 0.25) is 0 Å². The highest BCUT2D eigenvalue weighted by Gasteiger charge is 2.32. The second-order valence-electron chi connectivity index (χ2n) is 6.44. The van der Waals surface area contributed by atoms with Crippen LogP contribution >= 0.6 is 24.0 Å². The number of nitrogens with zero attached hydrogens (tertiary/aromatic N) is 2. The average Bonchev–Trinajstić information content (AvgIpc) is 2.65. The maximum absolute atomic E-state index is 12.7. The summed E-state index contributed by atoms with van der Waals surface area (Å²) in [6, 6.07) is 13.2. The molecule has 0 atom stereocenters. The van der Waals surface area contributed by atoms with Gasteiger partial charge < -0.3 is 10.2 Å². The molecule has 2 aliphatic heterocycles. The topological polar surface area (TPSA) is 64.7 Å². The van der Waals surface area contributed by atoms with Crippen molar-refractivity contribution in [1.29, 1.82) is 0 Å². The molecule has 0 amide bonds. The van der Waals surface area contributed by atoms with Gasteiger partial charge in [-0.2, -0.15) is 13.1 Å². The van der Waals surface area contributed by atoms with Gasteiger partial charge in [-0.1, -0.05) is 35.9 Å². The predicted molar refractivity (Wildman–Crippen MR) is 112 cm³/mol. The average molecular weight is 429 g/mol. The Kier molecular flexibility index (Phi) is 6.18.